The van der Waals surface area contributed by atoms with Gasteiger partial charge in [0, 0.05) is 18.9 Å². The van der Waals surface area contributed by atoms with Crippen LogP contribution in [-0.2, 0) is 4.79 Å². The maximum absolute atomic E-state index is 11.1. The van der Waals surface area contributed by atoms with Gasteiger partial charge in [0.1, 0.15) is 11.5 Å². The fourth-order valence-corrected chi connectivity index (χ4v) is 1.48. The fraction of sp³-hybridized carbons (Fsp3) is 0.250. The van der Waals surface area contributed by atoms with Crippen LogP contribution in [0.2, 0.25) is 0 Å². The molecule has 1 aromatic carbocycles. The molecule has 0 bridgehead atoms. The van der Waals surface area contributed by atoms with E-state index < -0.39 is 0 Å². The van der Waals surface area contributed by atoms with Crippen LogP contribution in [0.3, 0.4) is 0 Å². The van der Waals surface area contributed by atoms with Gasteiger partial charge in [-0.2, -0.15) is 0 Å². The van der Waals surface area contributed by atoms with Crippen LogP contribution in [-0.4, -0.2) is 5.78 Å². The minimum absolute atomic E-state index is 0.169. The molecule has 1 aliphatic rings. The third-order valence-electron chi connectivity index (χ3n) is 2.16. The van der Waals surface area contributed by atoms with E-state index in [4.69, 9.17) is 4.74 Å². The number of carbonyl (C=O) groups excluding carboxylic acids is 1. The molecule has 0 atom stereocenters. The number of ether oxygens (including phenoxy) is 1. The Balaban J connectivity index is 2.08. The van der Waals surface area contributed by atoms with Crippen LogP contribution in [0.5, 0.6) is 5.75 Å². The Morgan fingerprint density at radius 2 is 1.86 bits per heavy atom. The molecule has 72 valence electrons. The van der Waals surface area contributed by atoms with Crippen LogP contribution in [0.4, 0.5) is 0 Å². The zero-order valence-electron chi connectivity index (χ0n) is 7.90. The highest BCUT2D eigenvalue weighted by molar-refractivity contribution is 5.90. The molecule has 0 aromatic heterocycles. The SMILES string of the molecule is O=C1C=C(Oc2ccccc2)CCC1. The van der Waals surface area contributed by atoms with Crippen LogP contribution < -0.4 is 4.74 Å². The van der Waals surface area contributed by atoms with E-state index in [1.807, 2.05) is 30.3 Å². The predicted octanol–water partition coefficient (Wildman–Crippen LogP) is 2.70. The van der Waals surface area contributed by atoms with Crippen molar-refractivity contribution < 1.29 is 9.53 Å². The third-order valence-corrected chi connectivity index (χ3v) is 2.16. The number of para-hydroxylation sites is 1. The van der Waals surface area contributed by atoms with E-state index in [1.54, 1.807) is 6.08 Å². The number of carbonyl (C=O) groups is 1. The van der Waals surface area contributed by atoms with Gasteiger partial charge in [-0.25, -0.2) is 0 Å². The number of allylic oxidation sites excluding steroid dienone is 2. The van der Waals surface area contributed by atoms with Crippen molar-refractivity contribution in [2.45, 2.75) is 19.3 Å². The summed E-state index contributed by atoms with van der Waals surface area (Å²) in [4.78, 5) is 11.1. The Labute approximate surface area is 83.2 Å². The lowest BCUT2D eigenvalue weighted by Crippen LogP contribution is -2.06. The van der Waals surface area contributed by atoms with E-state index >= 15 is 0 Å². The lowest BCUT2D eigenvalue weighted by Gasteiger charge is -2.12. The Morgan fingerprint density at radius 1 is 1.07 bits per heavy atom. The van der Waals surface area contributed by atoms with Gasteiger partial charge in [-0.05, 0) is 18.6 Å². The molecule has 0 unspecified atom stereocenters. The average Bonchev–Trinajstić information content (AvgIpc) is 2.19. The molecule has 1 aromatic rings. The minimum atomic E-state index is 0.169. The normalized spacial score (nSPS) is 16.3. The van der Waals surface area contributed by atoms with Crippen molar-refractivity contribution >= 4 is 5.78 Å². The maximum Gasteiger partial charge on any atom is 0.159 e. The van der Waals surface area contributed by atoms with Crippen LogP contribution in [0.1, 0.15) is 19.3 Å². The Bertz CT molecular complexity index is 352. The molecular formula is C12H12O2. The smallest absolute Gasteiger partial charge is 0.159 e. The summed E-state index contributed by atoms with van der Waals surface area (Å²) in [5, 5.41) is 0. The molecule has 2 rings (SSSR count). The first-order valence-electron chi connectivity index (χ1n) is 4.81. The summed E-state index contributed by atoms with van der Waals surface area (Å²) in [7, 11) is 0. The summed E-state index contributed by atoms with van der Waals surface area (Å²) in [6.45, 7) is 0. The van der Waals surface area contributed by atoms with E-state index in [0.29, 0.717) is 6.42 Å². The van der Waals surface area contributed by atoms with Crippen molar-refractivity contribution in [3.05, 3.63) is 42.2 Å². The van der Waals surface area contributed by atoms with Crippen molar-refractivity contribution in [3.8, 4) is 5.75 Å². The van der Waals surface area contributed by atoms with Gasteiger partial charge in [-0.15, -0.1) is 0 Å². The maximum atomic E-state index is 11.1. The number of ketones is 1. The molecule has 0 saturated carbocycles. The summed E-state index contributed by atoms with van der Waals surface area (Å²) in [5.41, 5.74) is 0. The first-order chi connectivity index (χ1) is 6.84. The van der Waals surface area contributed by atoms with Crippen LogP contribution >= 0.6 is 0 Å². The summed E-state index contributed by atoms with van der Waals surface area (Å²) in [6.07, 6.45) is 4.02. The molecule has 0 fully saturated rings. The molecule has 0 spiro atoms. The molecule has 0 saturated heterocycles. The van der Waals surface area contributed by atoms with Gasteiger partial charge in [0.05, 0.1) is 0 Å². The molecular weight excluding hydrogens is 176 g/mol. The number of benzene rings is 1. The average molecular weight is 188 g/mol. The molecule has 0 heterocycles. The summed E-state index contributed by atoms with van der Waals surface area (Å²) >= 11 is 0. The van der Waals surface area contributed by atoms with Crippen molar-refractivity contribution in [1.29, 1.82) is 0 Å². The van der Waals surface area contributed by atoms with Gasteiger partial charge < -0.3 is 4.74 Å². The summed E-state index contributed by atoms with van der Waals surface area (Å²) in [5.74, 6) is 1.75. The van der Waals surface area contributed by atoms with E-state index in [9.17, 15) is 4.79 Å². The molecule has 0 radical (unpaired) electrons. The first kappa shape index (κ1) is 9.00. The Hall–Kier alpha value is -1.57. The molecule has 0 aliphatic heterocycles. The van der Waals surface area contributed by atoms with E-state index in [0.717, 1.165) is 24.4 Å². The van der Waals surface area contributed by atoms with Gasteiger partial charge in [0.25, 0.3) is 0 Å². The summed E-state index contributed by atoms with van der Waals surface area (Å²) in [6, 6.07) is 9.55. The van der Waals surface area contributed by atoms with Crippen molar-refractivity contribution in [2.24, 2.45) is 0 Å². The highest BCUT2D eigenvalue weighted by atomic mass is 16.5. The first-order valence-corrected chi connectivity index (χ1v) is 4.81. The molecule has 0 N–H and O–H groups in total. The number of hydrogen-bond donors (Lipinski definition) is 0. The highest BCUT2D eigenvalue weighted by Gasteiger charge is 2.11. The largest absolute Gasteiger partial charge is 0.462 e. The van der Waals surface area contributed by atoms with Gasteiger partial charge in [-0.3, -0.25) is 4.79 Å². The Kier molecular flexibility index (Phi) is 2.63. The van der Waals surface area contributed by atoms with Crippen LogP contribution in [0.25, 0.3) is 0 Å². The van der Waals surface area contributed by atoms with Gasteiger partial charge in [0.15, 0.2) is 5.78 Å². The lowest BCUT2D eigenvalue weighted by molar-refractivity contribution is -0.115. The van der Waals surface area contributed by atoms with E-state index in [1.165, 1.54) is 0 Å². The molecule has 14 heavy (non-hydrogen) atoms. The topological polar surface area (TPSA) is 26.3 Å². The van der Waals surface area contributed by atoms with Crippen molar-refractivity contribution in [1.82, 2.24) is 0 Å². The van der Waals surface area contributed by atoms with Gasteiger partial charge >= 0.3 is 0 Å². The third kappa shape index (κ3) is 2.22. The molecule has 2 nitrogen and oxygen atoms in total. The fourth-order valence-electron chi connectivity index (χ4n) is 1.48. The van der Waals surface area contributed by atoms with Gasteiger partial charge in [-0.1, -0.05) is 18.2 Å². The standard InChI is InChI=1S/C12H12O2/c13-10-5-4-8-12(9-10)14-11-6-2-1-3-7-11/h1-3,6-7,9H,4-5,8H2. The number of rotatable bonds is 2. The minimum Gasteiger partial charge on any atom is -0.462 e. The molecule has 0 amide bonds. The van der Waals surface area contributed by atoms with Gasteiger partial charge in [0.2, 0.25) is 0 Å². The lowest BCUT2D eigenvalue weighted by atomic mass is 10.1. The molecule has 2 heteroatoms. The summed E-state index contributed by atoms with van der Waals surface area (Å²) < 4.78 is 5.57. The van der Waals surface area contributed by atoms with Crippen molar-refractivity contribution in [2.75, 3.05) is 0 Å². The predicted molar refractivity (Wildman–Crippen MR) is 54.0 cm³/mol. The van der Waals surface area contributed by atoms with Crippen LogP contribution in [0, 0.1) is 0 Å². The second-order valence-corrected chi connectivity index (χ2v) is 3.35. The second-order valence-electron chi connectivity index (χ2n) is 3.35. The van der Waals surface area contributed by atoms with E-state index in [-0.39, 0.29) is 5.78 Å². The van der Waals surface area contributed by atoms with Crippen LogP contribution in [0.15, 0.2) is 42.2 Å². The van der Waals surface area contributed by atoms with E-state index in [2.05, 4.69) is 0 Å². The monoisotopic (exact) mass is 188 g/mol. The zero-order valence-corrected chi connectivity index (χ0v) is 7.90. The zero-order chi connectivity index (χ0) is 9.80. The second kappa shape index (κ2) is 4.09. The Morgan fingerprint density at radius 3 is 2.57 bits per heavy atom. The van der Waals surface area contributed by atoms with Crippen molar-refractivity contribution in [3.63, 3.8) is 0 Å². The number of hydrogen-bond acceptors (Lipinski definition) is 2. The quantitative estimate of drug-likeness (QED) is 0.713. The molecule has 1 aliphatic carbocycles. The highest BCUT2D eigenvalue weighted by Crippen LogP contribution is 2.20.